The normalized spacial score (nSPS) is 11.9. The fourth-order valence-electron chi connectivity index (χ4n) is 4.21. The Hall–Kier alpha value is -3.51. The van der Waals surface area contributed by atoms with Crippen molar-refractivity contribution in [2.75, 3.05) is 13.7 Å². The number of rotatable bonds is 9. The van der Waals surface area contributed by atoms with Gasteiger partial charge in [-0.3, -0.25) is 0 Å². The molecule has 0 aliphatic heterocycles. The maximum absolute atomic E-state index is 12.6. The molecule has 0 unspecified atom stereocenters. The van der Waals surface area contributed by atoms with Gasteiger partial charge in [0.1, 0.15) is 17.6 Å². The first-order chi connectivity index (χ1) is 16.9. The number of ether oxygens (including phenoxy) is 2. The summed E-state index contributed by atoms with van der Waals surface area (Å²) in [5, 5.41) is 0.637. The van der Waals surface area contributed by atoms with Gasteiger partial charge < -0.3 is 18.5 Å². The fraction of sp³-hybridized carbons (Fsp3) is 0.286. The molecule has 0 fully saturated rings. The lowest BCUT2D eigenvalue weighted by molar-refractivity contribution is -0.144. The van der Waals surface area contributed by atoms with E-state index in [-0.39, 0.29) is 5.97 Å². The summed E-state index contributed by atoms with van der Waals surface area (Å²) in [4.78, 5) is 17.2. The molecule has 0 radical (unpaired) electrons. The second-order valence-electron chi connectivity index (χ2n) is 8.46. The number of carbonyl (C=O) groups excluding carboxylic acids is 1. The van der Waals surface area contributed by atoms with Crippen LogP contribution < -0.4 is 4.74 Å². The molecule has 0 spiro atoms. The standard InChI is InChI=1S/C28H29ClN2O4/c1-18-16-24(29)19(2)31(18)26(28(32)33-4)17-21-10-12-23(13-11-21)34-15-14-25-20(3)35-27(30-25)22-8-6-5-7-9-22/h5-13,16,26H,14-15,17H2,1-4H3/t26-/m0/s1. The van der Waals surface area contributed by atoms with Crippen molar-refractivity contribution >= 4 is 17.6 Å². The molecule has 7 heteroatoms. The highest BCUT2D eigenvalue weighted by molar-refractivity contribution is 6.31. The van der Waals surface area contributed by atoms with Crippen molar-refractivity contribution in [2.45, 2.75) is 39.7 Å². The van der Waals surface area contributed by atoms with E-state index < -0.39 is 6.04 Å². The monoisotopic (exact) mass is 492 g/mol. The van der Waals surface area contributed by atoms with Crippen LogP contribution in [0, 0.1) is 20.8 Å². The Labute approximate surface area is 210 Å². The second-order valence-corrected chi connectivity index (χ2v) is 8.87. The van der Waals surface area contributed by atoms with Gasteiger partial charge in [0.2, 0.25) is 5.89 Å². The molecule has 0 amide bonds. The van der Waals surface area contributed by atoms with Crippen molar-refractivity contribution in [1.82, 2.24) is 9.55 Å². The lowest BCUT2D eigenvalue weighted by atomic mass is 10.0. The molecule has 6 nitrogen and oxygen atoms in total. The van der Waals surface area contributed by atoms with Crippen LogP contribution in [0.5, 0.6) is 5.75 Å². The van der Waals surface area contributed by atoms with Gasteiger partial charge in [-0.2, -0.15) is 0 Å². The van der Waals surface area contributed by atoms with Crippen LogP contribution in [0.15, 0.2) is 65.1 Å². The highest BCUT2D eigenvalue weighted by Crippen LogP contribution is 2.28. The summed E-state index contributed by atoms with van der Waals surface area (Å²) in [6.45, 7) is 6.24. The molecular formula is C28H29ClN2O4. The van der Waals surface area contributed by atoms with Gasteiger partial charge in [0.25, 0.3) is 0 Å². The molecule has 0 N–H and O–H groups in total. The maximum atomic E-state index is 12.6. The van der Waals surface area contributed by atoms with Crippen molar-refractivity contribution in [2.24, 2.45) is 0 Å². The first kappa shape index (κ1) is 24.6. The molecular weight excluding hydrogens is 464 g/mol. The summed E-state index contributed by atoms with van der Waals surface area (Å²) in [5.74, 6) is 1.87. The van der Waals surface area contributed by atoms with Gasteiger partial charge in [0.05, 0.1) is 24.4 Å². The maximum Gasteiger partial charge on any atom is 0.329 e. The summed E-state index contributed by atoms with van der Waals surface area (Å²) >= 11 is 6.29. The Balaban J connectivity index is 1.38. The van der Waals surface area contributed by atoms with Crippen LogP contribution in [0.3, 0.4) is 0 Å². The highest BCUT2D eigenvalue weighted by atomic mass is 35.5. The Morgan fingerprint density at radius 2 is 1.80 bits per heavy atom. The minimum Gasteiger partial charge on any atom is -0.493 e. The number of esters is 1. The van der Waals surface area contributed by atoms with E-state index in [9.17, 15) is 4.79 Å². The lowest BCUT2D eigenvalue weighted by Crippen LogP contribution is -2.24. The average molecular weight is 493 g/mol. The number of aryl methyl sites for hydroxylation is 2. The molecule has 0 bridgehead atoms. The van der Waals surface area contributed by atoms with Crippen molar-refractivity contribution < 1.29 is 18.7 Å². The number of nitrogens with zero attached hydrogens (tertiary/aromatic N) is 2. The number of hydrogen-bond donors (Lipinski definition) is 0. The molecule has 0 saturated heterocycles. The molecule has 1 atom stereocenters. The van der Waals surface area contributed by atoms with Crippen LogP contribution in [-0.2, 0) is 22.4 Å². The zero-order valence-electron chi connectivity index (χ0n) is 20.4. The van der Waals surface area contributed by atoms with Crippen LogP contribution in [0.1, 0.15) is 34.4 Å². The second kappa shape index (κ2) is 10.8. The topological polar surface area (TPSA) is 66.5 Å². The molecule has 182 valence electrons. The zero-order valence-corrected chi connectivity index (χ0v) is 21.1. The van der Waals surface area contributed by atoms with E-state index in [1.54, 1.807) is 0 Å². The molecule has 0 aliphatic rings. The Bertz CT molecular complexity index is 1290. The number of aromatic nitrogens is 2. The van der Waals surface area contributed by atoms with Gasteiger partial charge in [-0.1, -0.05) is 41.9 Å². The Morgan fingerprint density at radius 3 is 2.43 bits per heavy atom. The van der Waals surface area contributed by atoms with E-state index in [4.69, 9.17) is 25.5 Å². The van der Waals surface area contributed by atoms with E-state index >= 15 is 0 Å². The van der Waals surface area contributed by atoms with Gasteiger partial charge in [-0.25, -0.2) is 9.78 Å². The fourth-order valence-corrected chi connectivity index (χ4v) is 4.46. The van der Waals surface area contributed by atoms with Crippen molar-refractivity contribution in [3.8, 4) is 17.2 Å². The van der Waals surface area contributed by atoms with Crippen LogP contribution >= 0.6 is 11.6 Å². The number of methoxy groups -OCH3 is 1. The number of oxazole rings is 1. The van der Waals surface area contributed by atoms with Crippen LogP contribution in [0.25, 0.3) is 11.5 Å². The third-order valence-electron chi connectivity index (χ3n) is 6.08. The van der Waals surface area contributed by atoms with Gasteiger partial charge >= 0.3 is 5.97 Å². The predicted molar refractivity (Wildman–Crippen MR) is 136 cm³/mol. The predicted octanol–water partition coefficient (Wildman–Crippen LogP) is 6.30. The van der Waals surface area contributed by atoms with Gasteiger partial charge in [-0.15, -0.1) is 0 Å². The van der Waals surface area contributed by atoms with Crippen LogP contribution in [-0.4, -0.2) is 29.2 Å². The Morgan fingerprint density at radius 1 is 1.09 bits per heavy atom. The number of benzene rings is 2. The summed E-state index contributed by atoms with van der Waals surface area (Å²) in [6, 6.07) is 19.0. The average Bonchev–Trinajstić information content (AvgIpc) is 3.36. The third kappa shape index (κ3) is 5.60. The van der Waals surface area contributed by atoms with Gasteiger partial charge in [0, 0.05) is 29.8 Å². The molecule has 35 heavy (non-hydrogen) atoms. The summed E-state index contributed by atoms with van der Waals surface area (Å²) in [5.41, 5.74) is 4.60. The van der Waals surface area contributed by atoms with E-state index in [1.165, 1.54) is 7.11 Å². The van der Waals surface area contributed by atoms with E-state index in [1.807, 2.05) is 86.0 Å². The van der Waals surface area contributed by atoms with Crippen molar-refractivity contribution in [3.63, 3.8) is 0 Å². The minimum absolute atomic E-state index is 0.304. The van der Waals surface area contributed by atoms with E-state index in [2.05, 4.69) is 4.98 Å². The zero-order chi connectivity index (χ0) is 24.9. The minimum atomic E-state index is -0.492. The Kier molecular flexibility index (Phi) is 7.61. The van der Waals surface area contributed by atoms with Crippen molar-refractivity contribution in [1.29, 1.82) is 0 Å². The number of hydrogen-bond acceptors (Lipinski definition) is 5. The van der Waals surface area contributed by atoms with E-state index in [0.29, 0.717) is 30.4 Å². The summed E-state index contributed by atoms with van der Waals surface area (Å²) in [7, 11) is 1.40. The third-order valence-corrected chi connectivity index (χ3v) is 6.46. The van der Waals surface area contributed by atoms with E-state index in [0.717, 1.165) is 39.7 Å². The molecule has 4 rings (SSSR count). The largest absolute Gasteiger partial charge is 0.493 e. The quantitative estimate of drug-likeness (QED) is 0.256. The smallest absolute Gasteiger partial charge is 0.329 e. The highest BCUT2D eigenvalue weighted by Gasteiger charge is 2.25. The van der Waals surface area contributed by atoms with Gasteiger partial charge in [-0.05, 0) is 56.7 Å². The molecule has 0 saturated carbocycles. The molecule has 2 aromatic carbocycles. The number of carbonyl (C=O) groups is 1. The molecule has 0 aliphatic carbocycles. The SMILES string of the molecule is COC(=O)[C@H](Cc1ccc(OCCc2nc(-c3ccccc3)oc2C)cc1)n1c(C)cc(Cl)c1C. The molecule has 2 heterocycles. The van der Waals surface area contributed by atoms with Crippen LogP contribution in [0.4, 0.5) is 0 Å². The van der Waals surface area contributed by atoms with Gasteiger partial charge in [0.15, 0.2) is 0 Å². The van der Waals surface area contributed by atoms with Crippen LogP contribution in [0.2, 0.25) is 5.02 Å². The van der Waals surface area contributed by atoms with Crippen molar-refractivity contribution in [3.05, 3.63) is 94.1 Å². The lowest BCUT2D eigenvalue weighted by Gasteiger charge is -2.21. The summed E-state index contributed by atoms with van der Waals surface area (Å²) in [6.07, 6.45) is 1.13. The summed E-state index contributed by atoms with van der Waals surface area (Å²) < 4.78 is 18.8. The molecule has 4 aromatic rings. The number of halogens is 1. The first-order valence-electron chi connectivity index (χ1n) is 11.5. The first-order valence-corrected chi connectivity index (χ1v) is 11.9. The molecule has 2 aromatic heterocycles.